The van der Waals surface area contributed by atoms with Gasteiger partial charge in [-0.15, -0.1) is 0 Å². The Bertz CT molecular complexity index is 4020. The van der Waals surface area contributed by atoms with Crippen molar-refractivity contribution in [3.8, 4) is 0 Å². The van der Waals surface area contributed by atoms with Crippen molar-refractivity contribution in [2.75, 3.05) is 35.6 Å². The SMILES string of the molecule is CCC(C)(C)CNC(=O)C(=O)c1c(C)c(C(=O)Nc2ccc(F)c(C)c2)c2n1CCCC2.Cc1cc(NC(=O)c2c(C)c(C(=O)C(=O)NC3(CO)CCC3)n3c2CCCC3)ccc1F.Cc1cc(NC(=O)c2c(C)c(C(=O)C(=O)NCC(C)(C)O)n3c2CCCC3)ccc1F. The summed E-state index contributed by atoms with van der Waals surface area (Å²) in [6, 6.07) is 13.0. The second kappa shape index (κ2) is 29.8. The Morgan fingerprint density at radius 2 is 0.811 bits per heavy atom. The second-order valence-corrected chi connectivity index (χ2v) is 26.9. The number of aromatic nitrogens is 3. The number of fused-ring (bicyclic) bond motifs is 3. The molecule has 0 radical (unpaired) electrons. The predicted molar refractivity (Wildman–Crippen MR) is 355 cm³/mol. The summed E-state index contributed by atoms with van der Waals surface area (Å²) >= 11 is 0. The Morgan fingerprint density at radius 1 is 0.484 bits per heavy atom. The summed E-state index contributed by atoms with van der Waals surface area (Å²) in [5, 5.41) is 35.8. The number of amides is 6. The molecule has 20 nitrogen and oxygen atoms in total. The molecule has 95 heavy (non-hydrogen) atoms. The number of rotatable bonds is 19. The predicted octanol–water partition coefficient (Wildman–Crippen LogP) is 10.5. The summed E-state index contributed by atoms with van der Waals surface area (Å²) in [7, 11) is 0. The Balaban J connectivity index is 0.000000183. The number of nitrogens with zero attached hydrogens (tertiary/aromatic N) is 3. The van der Waals surface area contributed by atoms with Crippen molar-refractivity contribution in [2.45, 2.75) is 190 Å². The lowest BCUT2D eigenvalue weighted by atomic mass is 9.77. The van der Waals surface area contributed by atoms with Gasteiger partial charge in [0.25, 0.3) is 52.8 Å². The molecule has 23 heteroatoms. The van der Waals surface area contributed by atoms with E-state index in [4.69, 9.17) is 0 Å². The van der Waals surface area contributed by atoms with Crippen molar-refractivity contribution >= 4 is 69.9 Å². The highest BCUT2D eigenvalue weighted by molar-refractivity contribution is 6.44. The quantitative estimate of drug-likeness (QED) is 0.0279. The normalized spacial score (nSPS) is 14.5. The minimum atomic E-state index is -1.15. The van der Waals surface area contributed by atoms with Crippen molar-refractivity contribution < 1.29 is 66.5 Å². The van der Waals surface area contributed by atoms with E-state index in [9.17, 15) is 66.5 Å². The van der Waals surface area contributed by atoms with E-state index in [1.54, 1.807) is 68.9 Å². The van der Waals surface area contributed by atoms with E-state index >= 15 is 0 Å². The topological polar surface area (TPSA) is 281 Å². The van der Waals surface area contributed by atoms with Crippen LogP contribution >= 0.6 is 0 Å². The van der Waals surface area contributed by atoms with Crippen LogP contribution < -0.4 is 31.9 Å². The third-order valence-electron chi connectivity index (χ3n) is 18.5. The number of anilines is 3. The maximum absolute atomic E-state index is 13.6. The molecule has 8 N–H and O–H groups in total. The van der Waals surface area contributed by atoms with Crippen molar-refractivity contribution in [2.24, 2.45) is 5.41 Å². The number of hydrogen-bond donors (Lipinski definition) is 8. The first-order valence-electron chi connectivity index (χ1n) is 32.5. The molecular weight excluding hydrogens is 1220 g/mol. The molecule has 1 aliphatic carbocycles. The fourth-order valence-electron chi connectivity index (χ4n) is 12.6. The highest BCUT2D eigenvalue weighted by Gasteiger charge is 2.41. The zero-order valence-corrected chi connectivity index (χ0v) is 56.2. The summed E-state index contributed by atoms with van der Waals surface area (Å²) in [6.07, 6.45) is 10.2. The van der Waals surface area contributed by atoms with E-state index < -0.39 is 52.1 Å². The van der Waals surface area contributed by atoms with Gasteiger partial charge >= 0.3 is 0 Å². The molecule has 0 bridgehead atoms. The minimum absolute atomic E-state index is 0.0680. The summed E-state index contributed by atoms with van der Waals surface area (Å²) in [5.41, 5.74) is 6.22. The van der Waals surface area contributed by atoms with E-state index in [0.29, 0.717) is 125 Å². The molecule has 0 unspecified atom stereocenters. The lowest BCUT2D eigenvalue weighted by Gasteiger charge is -2.40. The molecule has 10 rings (SSSR count). The number of ketones is 3. The van der Waals surface area contributed by atoms with E-state index in [-0.39, 0.29) is 64.9 Å². The molecule has 1 saturated carbocycles. The average Bonchev–Trinajstić information content (AvgIpc) is 1.63. The number of hydrogen-bond acceptors (Lipinski definition) is 11. The van der Waals surface area contributed by atoms with Gasteiger partial charge in [-0.2, -0.15) is 0 Å². The number of aliphatic hydroxyl groups is 2. The molecule has 4 aliphatic rings. The fourth-order valence-corrected chi connectivity index (χ4v) is 12.6. The van der Waals surface area contributed by atoms with Crippen LogP contribution in [0.5, 0.6) is 0 Å². The number of halogens is 3. The Morgan fingerprint density at radius 3 is 1.09 bits per heavy atom. The number of aliphatic hydroxyl groups excluding tert-OH is 1. The number of aryl methyl sites for hydroxylation is 3. The lowest BCUT2D eigenvalue weighted by molar-refractivity contribution is -0.121. The number of carbonyl (C=O) groups excluding carboxylic acids is 9. The van der Waals surface area contributed by atoms with Crippen LogP contribution in [0.25, 0.3) is 0 Å². The second-order valence-electron chi connectivity index (χ2n) is 26.9. The van der Waals surface area contributed by atoms with Crippen molar-refractivity contribution in [3.63, 3.8) is 0 Å². The first-order chi connectivity index (χ1) is 44.8. The van der Waals surface area contributed by atoms with Gasteiger partial charge in [-0.1, -0.05) is 20.8 Å². The molecule has 6 amide bonds. The number of nitrogens with one attached hydrogen (secondary N) is 6. The summed E-state index contributed by atoms with van der Waals surface area (Å²) < 4.78 is 46.1. The number of Topliss-reactive ketones (excluding diaryl/α,β-unsaturated/α-hetero) is 3. The molecule has 508 valence electrons. The van der Waals surface area contributed by atoms with E-state index in [1.807, 2.05) is 25.3 Å². The van der Waals surface area contributed by atoms with Crippen LogP contribution in [0.1, 0.15) is 212 Å². The van der Waals surface area contributed by atoms with Crippen molar-refractivity contribution in [1.29, 1.82) is 0 Å². The zero-order valence-electron chi connectivity index (χ0n) is 56.2. The van der Waals surface area contributed by atoms with Gasteiger partial charge in [-0.05, 0) is 232 Å². The maximum Gasteiger partial charge on any atom is 0.294 e. The third-order valence-corrected chi connectivity index (χ3v) is 18.5. The van der Waals surface area contributed by atoms with Crippen LogP contribution in [0.15, 0.2) is 54.6 Å². The Kier molecular flexibility index (Phi) is 22.5. The monoisotopic (exact) mass is 1310 g/mol. The standard InChI is InChI=1S/C25H32FN3O3.C24H28FN3O4.C23H28FN3O4/c1-6-25(4,5)14-27-24(32)22(30)21-16(3)20(19-9-7-8-12-29(19)21)23(31)28-17-10-11-18(26)15(2)13-17;1-14-12-16(7-8-17(14)25)26-22(31)19-15(2)20(28-11-4-3-6-18(19)28)21(30)23(32)27-24(13-29)9-5-10-24;1-13-11-15(8-9-16(13)24)26-21(29)18-14(2)19(27-10-6-5-7-17(18)27)20(28)22(30)25-12-23(3,4)31/h10-11,13H,6-9,12,14H2,1-5H3,(H,27,32)(H,28,31);7-8,12,29H,3-6,9-11,13H2,1-2H3,(H,26,31)(H,27,32);8-9,11,31H,5-7,10,12H2,1-4H3,(H,25,30)(H,26,29). The zero-order chi connectivity index (χ0) is 69.6. The Labute approximate surface area is 551 Å². The van der Waals surface area contributed by atoms with E-state index in [0.717, 1.165) is 68.4 Å². The first kappa shape index (κ1) is 71.9. The Hall–Kier alpha value is -8.96. The van der Waals surface area contributed by atoms with E-state index in [1.165, 1.54) is 50.2 Å². The third kappa shape index (κ3) is 16.2. The van der Waals surface area contributed by atoms with Crippen LogP contribution in [0.4, 0.5) is 30.2 Å². The van der Waals surface area contributed by atoms with Crippen LogP contribution in [-0.4, -0.2) is 108 Å². The lowest BCUT2D eigenvalue weighted by Crippen LogP contribution is -2.57. The van der Waals surface area contributed by atoms with Gasteiger partial charge < -0.3 is 55.8 Å². The van der Waals surface area contributed by atoms with Gasteiger partial charge in [0.15, 0.2) is 0 Å². The van der Waals surface area contributed by atoms with Gasteiger partial charge in [-0.3, -0.25) is 43.2 Å². The molecule has 3 aliphatic heterocycles. The van der Waals surface area contributed by atoms with Gasteiger partial charge in [0.2, 0.25) is 0 Å². The van der Waals surface area contributed by atoms with Crippen LogP contribution in [0.2, 0.25) is 0 Å². The molecule has 0 saturated heterocycles. The van der Waals surface area contributed by atoms with Crippen molar-refractivity contribution in [1.82, 2.24) is 29.7 Å². The van der Waals surface area contributed by atoms with Crippen molar-refractivity contribution in [3.05, 3.63) is 156 Å². The smallest absolute Gasteiger partial charge is 0.294 e. The van der Waals surface area contributed by atoms with Gasteiger partial charge in [-0.25, -0.2) is 13.2 Å². The molecule has 0 atom stereocenters. The number of carbonyl (C=O) groups is 9. The number of benzene rings is 3. The molecule has 6 aromatic rings. The van der Waals surface area contributed by atoms with Crippen LogP contribution in [-0.2, 0) is 53.3 Å². The fraction of sp³-hybridized carbons (Fsp3) is 0.458. The maximum atomic E-state index is 13.6. The molecule has 0 spiro atoms. The largest absolute Gasteiger partial charge is 0.394 e. The molecule has 6 heterocycles. The highest BCUT2D eigenvalue weighted by atomic mass is 19.1. The summed E-state index contributed by atoms with van der Waals surface area (Å²) in [4.78, 5) is 117. The van der Waals surface area contributed by atoms with Gasteiger partial charge in [0.05, 0.1) is 51.5 Å². The highest BCUT2D eigenvalue weighted by Crippen LogP contribution is 2.35. The molecule has 3 aromatic carbocycles. The summed E-state index contributed by atoms with van der Waals surface area (Å²) in [5.74, 6) is -6.47. The van der Waals surface area contributed by atoms with Crippen LogP contribution in [0, 0.1) is 64.4 Å². The molecular formula is C72H88F3N9O11. The van der Waals surface area contributed by atoms with Crippen LogP contribution in [0.3, 0.4) is 0 Å². The first-order valence-corrected chi connectivity index (χ1v) is 32.5. The van der Waals surface area contributed by atoms with Gasteiger partial charge in [0.1, 0.15) is 17.5 Å². The molecule has 3 aromatic heterocycles. The van der Waals surface area contributed by atoms with E-state index in [2.05, 4.69) is 31.9 Å². The summed E-state index contributed by atoms with van der Waals surface area (Å²) in [6.45, 7) is 20.9. The average molecular weight is 1310 g/mol. The van der Waals surface area contributed by atoms with Gasteiger partial charge in [0, 0.05) is 66.9 Å². The molecule has 1 fully saturated rings. The minimum Gasteiger partial charge on any atom is -0.394 e.